The number of allylic oxidation sites excluding steroid dienone is 1. The maximum absolute atomic E-state index is 6.16. The van der Waals surface area contributed by atoms with Crippen LogP contribution in [0.1, 0.15) is 38.2 Å². The van der Waals surface area contributed by atoms with Crippen LogP contribution in [0.25, 0.3) is 0 Å². The molecule has 1 rings (SSSR count). The maximum atomic E-state index is 6.16. The summed E-state index contributed by atoms with van der Waals surface area (Å²) in [7, 11) is 0. The molecule has 0 aromatic heterocycles. The van der Waals surface area contributed by atoms with Crippen LogP contribution in [-0.2, 0) is 0 Å². The van der Waals surface area contributed by atoms with Gasteiger partial charge in [-0.25, -0.2) is 0 Å². The summed E-state index contributed by atoms with van der Waals surface area (Å²) in [6.07, 6.45) is 2.08. The van der Waals surface area contributed by atoms with Crippen molar-refractivity contribution in [3.05, 3.63) is 47.0 Å². The molecule has 0 aliphatic heterocycles. The molecule has 0 saturated heterocycles. The van der Waals surface area contributed by atoms with Gasteiger partial charge in [0.1, 0.15) is 0 Å². The minimum Gasteiger partial charge on any atom is -0.0993 e. The molecule has 0 spiro atoms. The highest BCUT2D eigenvalue weighted by molar-refractivity contribution is 6.31. The van der Waals surface area contributed by atoms with Crippen molar-refractivity contribution in [3.63, 3.8) is 0 Å². The summed E-state index contributed by atoms with van der Waals surface area (Å²) in [4.78, 5) is 0. The van der Waals surface area contributed by atoms with Gasteiger partial charge in [0, 0.05) is 10.9 Å². The highest BCUT2D eigenvalue weighted by atomic mass is 35.5. The van der Waals surface area contributed by atoms with Gasteiger partial charge in [0.2, 0.25) is 0 Å². The minimum atomic E-state index is 0.411. The molecule has 1 aromatic carbocycles. The Hall–Kier alpha value is -0.750. The van der Waals surface area contributed by atoms with Crippen LogP contribution in [-0.4, -0.2) is 0 Å². The Morgan fingerprint density at radius 1 is 1.36 bits per heavy atom. The van der Waals surface area contributed by atoms with Gasteiger partial charge < -0.3 is 0 Å². The number of benzene rings is 1. The van der Waals surface area contributed by atoms with Gasteiger partial charge in [0.05, 0.1) is 0 Å². The van der Waals surface area contributed by atoms with E-state index in [0.717, 1.165) is 17.9 Å². The zero-order chi connectivity index (χ0) is 10.6. The third-order valence-corrected chi connectivity index (χ3v) is 2.98. The fourth-order valence-electron chi connectivity index (χ4n) is 1.73. The van der Waals surface area contributed by atoms with E-state index < -0.39 is 0 Å². The third-order valence-electron chi connectivity index (χ3n) is 2.64. The van der Waals surface area contributed by atoms with E-state index in [1.165, 1.54) is 11.1 Å². The van der Waals surface area contributed by atoms with Crippen molar-refractivity contribution in [1.82, 2.24) is 0 Å². The van der Waals surface area contributed by atoms with Crippen LogP contribution in [0.5, 0.6) is 0 Å². The van der Waals surface area contributed by atoms with Gasteiger partial charge in [-0.3, -0.25) is 0 Å². The van der Waals surface area contributed by atoms with Crippen molar-refractivity contribution >= 4 is 11.6 Å². The fraction of sp³-hybridized carbons (Fsp3) is 0.385. The Morgan fingerprint density at radius 2 is 2.00 bits per heavy atom. The van der Waals surface area contributed by atoms with Gasteiger partial charge in [-0.15, -0.1) is 0 Å². The van der Waals surface area contributed by atoms with Crippen molar-refractivity contribution in [2.75, 3.05) is 0 Å². The standard InChI is InChI=1S/C13H17Cl/c1-4-10(3)11(5-2)12-8-6-7-9-13(12)14/h6-9,11H,3-5H2,1-2H3/t11-/m1/s1. The highest BCUT2D eigenvalue weighted by Gasteiger charge is 2.14. The van der Waals surface area contributed by atoms with E-state index in [-0.39, 0.29) is 0 Å². The maximum Gasteiger partial charge on any atom is 0.0444 e. The Morgan fingerprint density at radius 3 is 2.50 bits per heavy atom. The molecule has 0 radical (unpaired) electrons. The van der Waals surface area contributed by atoms with Crippen molar-refractivity contribution in [1.29, 1.82) is 0 Å². The van der Waals surface area contributed by atoms with Gasteiger partial charge in [-0.1, -0.05) is 55.8 Å². The SMILES string of the molecule is C=C(CC)[C@@H](CC)c1ccccc1Cl. The summed E-state index contributed by atoms with van der Waals surface area (Å²) in [5, 5.41) is 0.856. The van der Waals surface area contributed by atoms with Crippen LogP contribution in [0.4, 0.5) is 0 Å². The molecule has 0 aliphatic rings. The first kappa shape index (κ1) is 11.3. The average Bonchev–Trinajstić information content (AvgIpc) is 2.21. The predicted octanol–water partition coefficient (Wildman–Crippen LogP) is 4.80. The normalized spacial score (nSPS) is 12.5. The molecule has 1 aromatic rings. The Balaban J connectivity index is 3.01. The highest BCUT2D eigenvalue weighted by Crippen LogP contribution is 2.32. The lowest BCUT2D eigenvalue weighted by Gasteiger charge is -2.18. The first-order valence-corrected chi connectivity index (χ1v) is 5.50. The van der Waals surface area contributed by atoms with Gasteiger partial charge in [-0.05, 0) is 24.5 Å². The van der Waals surface area contributed by atoms with Crippen molar-refractivity contribution in [3.8, 4) is 0 Å². The Bertz CT molecular complexity index is 315. The van der Waals surface area contributed by atoms with Crippen LogP contribution < -0.4 is 0 Å². The molecule has 76 valence electrons. The number of hydrogen-bond donors (Lipinski definition) is 0. The molecule has 14 heavy (non-hydrogen) atoms. The zero-order valence-electron chi connectivity index (χ0n) is 8.89. The van der Waals surface area contributed by atoms with E-state index in [4.69, 9.17) is 11.6 Å². The quantitative estimate of drug-likeness (QED) is 0.624. The van der Waals surface area contributed by atoms with Crippen LogP contribution in [0.3, 0.4) is 0 Å². The summed E-state index contributed by atoms with van der Waals surface area (Å²) in [6, 6.07) is 8.04. The lowest BCUT2D eigenvalue weighted by molar-refractivity contribution is 0.734. The molecule has 0 N–H and O–H groups in total. The molecule has 1 heteroatoms. The average molecular weight is 209 g/mol. The van der Waals surface area contributed by atoms with E-state index in [1.54, 1.807) is 0 Å². The van der Waals surface area contributed by atoms with Crippen molar-refractivity contribution in [2.24, 2.45) is 0 Å². The van der Waals surface area contributed by atoms with Gasteiger partial charge in [-0.2, -0.15) is 0 Å². The lowest BCUT2D eigenvalue weighted by Crippen LogP contribution is -2.00. The monoisotopic (exact) mass is 208 g/mol. The van der Waals surface area contributed by atoms with E-state index in [9.17, 15) is 0 Å². The van der Waals surface area contributed by atoms with E-state index in [2.05, 4.69) is 26.5 Å². The van der Waals surface area contributed by atoms with E-state index >= 15 is 0 Å². The molecule has 0 unspecified atom stereocenters. The molecule has 0 saturated carbocycles. The topological polar surface area (TPSA) is 0 Å². The van der Waals surface area contributed by atoms with Crippen molar-refractivity contribution < 1.29 is 0 Å². The van der Waals surface area contributed by atoms with Crippen LogP contribution in [0, 0.1) is 0 Å². The second-order valence-electron chi connectivity index (χ2n) is 3.49. The largest absolute Gasteiger partial charge is 0.0993 e. The van der Waals surface area contributed by atoms with Crippen molar-refractivity contribution in [2.45, 2.75) is 32.6 Å². The summed E-state index contributed by atoms with van der Waals surface area (Å²) in [5.41, 5.74) is 2.48. The molecule has 0 aliphatic carbocycles. The fourth-order valence-corrected chi connectivity index (χ4v) is 2.00. The van der Waals surface area contributed by atoms with Gasteiger partial charge >= 0.3 is 0 Å². The number of hydrogen-bond acceptors (Lipinski definition) is 0. The Kier molecular flexibility index (Phi) is 4.21. The molecule has 0 heterocycles. The first-order valence-electron chi connectivity index (χ1n) is 5.12. The third kappa shape index (κ3) is 2.39. The zero-order valence-corrected chi connectivity index (χ0v) is 9.64. The molecule has 0 fully saturated rings. The molecule has 1 atom stereocenters. The molecule has 0 amide bonds. The van der Waals surface area contributed by atoms with Crippen LogP contribution in [0.2, 0.25) is 5.02 Å². The van der Waals surface area contributed by atoms with Crippen LogP contribution in [0.15, 0.2) is 36.4 Å². The second kappa shape index (κ2) is 5.21. The molecule has 0 nitrogen and oxygen atoms in total. The predicted molar refractivity (Wildman–Crippen MR) is 63.9 cm³/mol. The minimum absolute atomic E-state index is 0.411. The number of halogens is 1. The smallest absolute Gasteiger partial charge is 0.0444 e. The Labute approximate surface area is 91.6 Å². The molecular weight excluding hydrogens is 192 g/mol. The summed E-state index contributed by atoms with van der Waals surface area (Å²) in [6.45, 7) is 8.42. The van der Waals surface area contributed by atoms with Gasteiger partial charge in [0.25, 0.3) is 0 Å². The second-order valence-corrected chi connectivity index (χ2v) is 3.90. The van der Waals surface area contributed by atoms with E-state index in [0.29, 0.717) is 5.92 Å². The van der Waals surface area contributed by atoms with Gasteiger partial charge in [0.15, 0.2) is 0 Å². The number of rotatable bonds is 4. The summed E-state index contributed by atoms with van der Waals surface area (Å²) >= 11 is 6.16. The molecule has 0 bridgehead atoms. The first-order chi connectivity index (χ1) is 6.70. The lowest BCUT2D eigenvalue weighted by atomic mass is 9.88. The summed E-state index contributed by atoms with van der Waals surface area (Å²) < 4.78 is 0. The van der Waals surface area contributed by atoms with Crippen LogP contribution >= 0.6 is 11.6 Å². The summed E-state index contributed by atoms with van der Waals surface area (Å²) in [5.74, 6) is 0.411. The molecular formula is C13H17Cl. The van der Waals surface area contributed by atoms with E-state index in [1.807, 2.05) is 18.2 Å².